The number of imide groups is 2. The molecule has 0 spiro atoms. The third-order valence-electron chi connectivity index (χ3n) is 11.4. The molecule has 57 heavy (non-hydrogen) atoms. The number of carbonyl (C=O) groups is 6. The van der Waals surface area contributed by atoms with Gasteiger partial charge in [0.1, 0.15) is 11.9 Å². The first-order chi connectivity index (χ1) is 27.5. The van der Waals surface area contributed by atoms with Crippen LogP contribution >= 0.6 is 0 Å². The maximum absolute atomic E-state index is 15.9. The van der Waals surface area contributed by atoms with Crippen LogP contribution in [0.25, 0.3) is 0 Å². The van der Waals surface area contributed by atoms with Gasteiger partial charge < -0.3 is 19.9 Å². The summed E-state index contributed by atoms with van der Waals surface area (Å²) in [6, 6.07) is 18.5. The summed E-state index contributed by atoms with van der Waals surface area (Å²) in [5, 5.41) is 12.3. The van der Waals surface area contributed by atoms with E-state index < -0.39 is 41.6 Å². The Morgan fingerprint density at radius 3 is 2.40 bits per heavy atom. The van der Waals surface area contributed by atoms with Gasteiger partial charge in [0, 0.05) is 61.6 Å². The Morgan fingerprint density at radius 1 is 0.965 bits per heavy atom. The van der Waals surface area contributed by atoms with Crippen molar-refractivity contribution in [1.29, 1.82) is 0 Å². The van der Waals surface area contributed by atoms with Crippen LogP contribution < -0.4 is 15.5 Å². The highest BCUT2D eigenvalue weighted by atomic mass is 19.1. The zero-order valence-corrected chi connectivity index (χ0v) is 31.4. The van der Waals surface area contributed by atoms with Gasteiger partial charge in [-0.05, 0) is 62.2 Å². The SMILES string of the molecule is CO[C@@H](C(=O)N1Cc2[nH]nc(NC(=O)c3ccc(N4CCC(N(C)Cc5ccc6c(c5F)C(=O)N(C5CCC(=O)NC5=O)C6=O)CC4)cc3)c2C1)c1ccccc1. The summed E-state index contributed by atoms with van der Waals surface area (Å²) >= 11 is 0. The molecule has 0 aliphatic carbocycles. The molecule has 4 aliphatic heterocycles. The van der Waals surface area contributed by atoms with Crippen molar-refractivity contribution in [3.05, 3.63) is 112 Å². The van der Waals surface area contributed by atoms with Crippen LogP contribution in [0.2, 0.25) is 0 Å². The number of carbonyl (C=O) groups excluding carboxylic acids is 6. The molecule has 3 N–H and O–H groups in total. The Bertz CT molecular complexity index is 2270. The molecule has 2 fully saturated rings. The summed E-state index contributed by atoms with van der Waals surface area (Å²) in [4.78, 5) is 83.7. The highest BCUT2D eigenvalue weighted by Crippen LogP contribution is 2.33. The van der Waals surface area contributed by atoms with Gasteiger partial charge in [-0.3, -0.25) is 49.0 Å². The number of nitrogens with one attached hydrogen (secondary N) is 3. The molecule has 0 saturated carbocycles. The van der Waals surface area contributed by atoms with Gasteiger partial charge in [0.15, 0.2) is 11.9 Å². The van der Waals surface area contributed by atoms with Crippen LogP contribution in [0, 0.1) is 5.82 Å². The minimum Gasteiger partial charge on any atom is -0.371 e. The minimum absolute atomic E-state index is 0.00414. The second kappa shape index (κ2) is 15.3. The van der Waals surface area contributed by atoms with Crippen molar-refractivity contribution < 1.29 is 37.9 Å². The molecule has 2 atom stereocenters. The van der Waals surface area contributed by atoms with E-state index in [0.29, 0.717) is 17.9 Å². The van der Waals surface area contributed by atoms with Crippen LogP contribution in [0.3, 0.4) is 0 Å². The number of benzene rings is 3. The first-order valence-corrected chi connectivity index (χ1v) is 18.8. The molecule has 1 unspecified atom stereocenters. The number of fused-ring (bicyclic) bond motifs is 2. The highest BCUT2D eigenvalue weighted by Gasteiger charge is 2.46. The molecule has 6 amide bonds. The number of hydrogen-bond donors (Lipinski definition) is 3. The normalized spacial score (nSPS) is 18.9. The van der Waals surface area contributed by atoms with Crippen LogP contribution in [0.15, 0.2) is 66.7 Å². The molecule has 8 rings (SSSR count). The van der Waals surface area contributed by atoms with Crippen molar-refractivity contribution in [2.45, 2.75) is 63.5 Å². The number of halogens is 1. The quantitative estimate of drug-likeness (QED) is 0.202. The molecule has 3 aromatic carbocycles. The van der Waals surface area contributed by atoms with Crippen LogP contribution in [0.5, 0.6) is 0 Å². The molecule has 5 heterocycles. The standard InChI is InChI=1S/C41H41FN8O7/c1-47(20-25-10-13-28-33(34(25)42)40(55)50(39(28)54)31-14-15-32(51)43-38(31)53)26-16-18-48(19-17-26)27-11-8-24(9-12-27)37(52)44-36-29-21-49(22-30(29)45-46-36)41(56)35(57-2)23-6-4-3-5-7-23/h3-13,26,31,35H,14-22H2,1-2H3,(H,43,51,53)(H2,44,45,46,52)/t31?,35-/m1/s1. The van der Waals surface area contributed by atoms with E-state index in [4.69, 9.17) is 4.74 Å². The lowest BCUT2D eigenvalue weighted by Gasteiger charge is -2.38. The topological polar surface area (TPSA) is 177 Å². The van der Waals surface area contributed by atoms with Crippen molar-refractivity contribution >= 4 is 46.9 Å². The summed E-state index contributed by atoms with van der Waals surface area (Å²) in [7, 11) is 3.40. The Balaban J connectivity index is 0.841. The second-order valence-electron chi connectivity index (χ2n) is 14.8. The molecule has 15 nitrogen and oxygen atoms in total. The fourth-order valence-corrected chi connectivity index (χ4v) is 8.22. The fourth-order valence-electron chi connectivity index (χ4n) is 8.22. The van der Waals surface area contributed by atoms with E-state index in [2.05, 4.69) is 25.7 Å². The number of hydrogen-bond acceptors (Lipinski definition) is 10. The average molecular weight is 777 g/mol. The molecule has 4 aromatic rings. The fraction of sp³-hybridized carbons (Fsp3) is 0.341. The van der Waals surface area contributed by atoms with Gasteiger partial charge in [0.05, 0.1) is 29.9 Å². The number of piperidine rings is 2. The van der Waals surface area contributed by atoms with Crippen LogP contribution in [-0.4, -0.2) is 99.7 Å². The maximum Gasteiger partial charge on any atom is 0.265 e. The average Bonchev–Trinajstić information content (AvgIpc) is 3.89. The van der Waals surface area contributed by atoms with Crippen molar-refractivity contribution in [3.8, 4) is 0 Å². The highest BCUT2D eigenvalue weighted by molar-refractivity contribution is 6.23. The number of rotatable bonds is 10. The Morgan fingerprint density at radius 2 is 1.70 bits per heavy atom. The minimum atomic E-state index is -1.16. The van der Waals surface area contributed by atoms with Crippen LogP contribution in [-0.2, 0) is 38.8 Å². The van der Waals surface area contributed by atoms with Crippen molar-refractivity contribution in [3.63, 3.8) is 0 Å². The van der Waals surface area contributed by atoms with E-state index in [1.165, 1.54) is 19.2 Å². The third kappa shape index (κ3) is 7.06. The summed E-state index contributed by atoms with van der Waals surface area (Å²) in [5.41, 5.74) is 3.53. The van der Waals surface area contributed by atoms with E-state index in [1.807, 2.05) is 54.4 Å². The molecule has 16 heteroatoms. The lowest BCUT2D eigenvalue weighted by atomic mass is 10.0. The number of aromatic amines is 1. The first-order valence-electron chi connectivity index (χ1n) is 18.8. The van der Waals surface area contributed by atoms with Crippen molar-refractivity contribution in [2.75, 3.05) is 37.5 Å². The second-order valence-corrected chi connectivity index (χ2v) is 14.8. The van der Waals surface area contributed by atoms with Gasteiger partial charge >= 0.3 is 0 Å². The van der Waals surface area contributed by atoms with E-state index in [9.17, 15) is 28.8 Å². The molecule has 2 saturated heterocycles. The Kier molecular flexibility index (Phi) is 10.1. The molecule has 0 radical (unpaired) electrons. The Labute approximate surface area is 327 Å². The largest absolute Gasteiger partial charge is 0.371 e. The zero-order valence-electron chi connectivity index (χ0n) is 31.4. The van der Waals surface area contributed by atoms with Crippen LogP contribution in [0.4, 0.5) is 15.9 Å². The van der Waals surface area contributed by atoms with E-state index >= 15 is 4.39 Å². The van der Waals surface area contributed by atoms with Crippen LogP contribution in [0.1, 0.15) is 85.2 Å². The summed E-state index contributed by atoms with van der Waals surface area (Å²) < 4.78 is 21.4. The van der Waals surface area contributed by atoms with Gasteiger partial charge in [-0.25, -0.2) is 4.39 Å². The number of anilines is 2. The van der Waals surface area contributed by atoms with Gasteiger partial charge in [-0.1, -0.05) is 36.4 Å². The van der Waals surface area contributed by atoms with Gasteiger partial charge in [0.2, 0.25) is 11.8 Å². The number of aromatic nitrogens is 2. The smallest absolute Gasteiger partial charge is 0.265 e. The predicted octanol–water partition coefficient (Wildman–Crippen LogP) is 3.53. The lowest BCUT2D eigenvalue weighted by Crippen LogP contribution is -2.54. The van der Waals surface area contributed by atoms with Crippen molar-refractivity contribution in [1.82, 2.24) is 30.2 Å². The molecule has 1 aromatic heterocycles. The number of ether oxygens (including phenoxy) is 1. The zero-order chi connectivity index (χ0) is 40.0. The summed E-state index contributed by atoms with van der Waals surface area (Å²) in [6.45, 7) is 2.27. The molecule has 4 aliphatic rings. The van der Waals surface area contributed by atoms with E-state index in [1.54, 1.807) is 17.0 Å². The molecular weight excluding hydrogens is 735 g/mol. The first kappa shape index (κ1) is 37.7. The van der Waals surface area contributed by atoms with Gasteiger partial charge in [-0.15, -0.1) is 0 Å². The molecule has 294 valence electrons. The number of nitrogens with zero attached hydrogens (tertiary/aromatic N) is 5. The van der Waals surface area contributed by atoms with Gasteiger partial charge in [-0.2, -0.15) is 5.10 Å². The van der Waals surface area contributed by atoms with E-state index in [0.717, 1.165) is 53.3 Å². The Hall–Kier alpha value is -6.26. The summed E-state index contributed by atoms with van der Waals surface area (Å²) in [6.07, 6.45) is 0.806. The lowest BCUT2D eigenvalue weighted by molar-refractivity contribution is -0.143. The van der Waals surface area contributed by atoms with Gasteiger partial charge in [0.25, 0.3) is 23.6 Å². The third-order valence-corrected chi connectivity index (χ3v) is 11.4. The number of methoxy groups -OCH3 is 1. The number of amides is 6. The van der Waals surface area contributed by atoms with E-state index in [-0.39, 0.29) is 60.5 Å². The van der Waals surface area contributed by atoms with Crippen molar-refractivity contribution in [2.24, 2.45) is 0 Å². The molecular formula is C41H41FN8O7. The number of H-pyrrole nitrogens is 1. The monoisotopic (exact) mass is 776 g/mol. The summed E-state index contributed by atoms with van der Waals surface area (Å²) in [5.74, 6) is -3.74. The molecule has 0 bridgehead atoms. The predicted molar refractivity (Wildman–Crippen MR) is 203 cm³/mol. The maximum atomic E-state index is 15.9.